The highest BCUT2D eigenvalue weighted by Gasteiger charge is 2.36. The number of methoxy groups -OCH3 is 1. The van der Waals surface area contributed by atoms with Crippen molar-refractivity contribution in [1.29, 1.82) is 0 Å². The average molecular weight is 275 g/mol. The number of nitrogens with zero attached hydrogens (tertiary/aromatic N) is 1. The Morgan fingerprint density at radius 2 is 1.84 bits per heavy atom. The quantitative estimate of drug-likeness (QED) is 0.844. The van der Waals surface area contributed by atoms with Crippen molar-refractivity contribution in [1.82, 2.24) is 4.90 Å². The number of rotatable bonds is 4. The summed E-state index contributed by atoms with van der Waals surface area (Å²) < 4.78 is 43.7. The molecule has 1 aromatic rings. The van der Waals surface area contributed by atoms with Gasteiger partial charge >= 0.3 is 6.18 Å². The molecule has 0 aliphatic heterocycles. The monoisotopic (exact) mass is 275 g/mol. The van der Waals surface area contributed by atoms with Crippen LogP contribution in [-0.4, -0.2) is 31.0 Å². The molecule has 6 heteroatoms. The summed E-state index contributed by atoms with van der Waals surface area (Å²) in [6, 6.07) is 3.35. The van der Waals surface area contributed by atoms with E-state index >= 15 is 0 Å². The summed E-state index contributed by atoms with van der Waals surface area (Å²) in [4.78, 5) is 13.4. The zero-order valence-electron chi connectivity index (χ0n) is 11.0. The van der Waals surface area contributed by atoms with Gasteiger partial charge in [0.05, 0.1) is 18.2 Å². The standard InChI is InChI=1S/C13H16F3NO2/c1-4-17(5-2)12(18)10-7-6-9(19-3)8-11(10)13(14,15)16/h6-8H,4-5H2,1-3H3. The second-order valence-corrected chi connectivity index (χ2v) is 3.89. The number of benzene rings is 1. The minimum atomic E-state index is -4.59. The Kier molecular flexibility index (Phi) is 4.80. The Bertz CT molecular complexity index is 454. The van der Waals surface area contributed by atoms with Gasteiger partial charge in [-0.2, -0.15) is 13.2 Å². The van der Waals surface area contributed by atoms with Crippen LogP contribution in [0.5, 0.6) is 5.75 Å². The van der Waals surface area contributed by atoms with E-state index in [1.165, 1.54) is 18.1 Å². The fourth-order valence-corrected chi connectivity index (χ4v) is 1.75. The molecule has 1 aromatic carbocycles. The molecule has 0 spiro atoms. The molecule has 0 bridgehead atoms. The molecule has 0 heterocycles. The highest BCUT2D eigenvalue weighted by Crippen LogP contribution is 2.34. The van der Waals surface area contributed by atoms with Gasteiger partial charge < -0.3 is 9.64 Å². The van der Waals surface area contributed by atoms with E-state index < -0.39 is 17.6 Å². The van der Waals surface area contributed by atoms with Gasteiger partial charge in [0.1, 0.15) is 5.75 Å². The third kappa shape index (κ3) is 3.39. The number of ether oxygens (including phenoxy) is 1. The first-order valence-corrected chi connectivity index (χ1v) is 5.89. The molecule has 0 aliphatic rings. The molecular weight excluding hydrogens is 259 g/mol. The predicted octanol–water partition coefficient (Wildman–Crippen LogP) is 3.20. The maximum absolute atomic E-state index is 13.0. The normalized spacial score (nSPS) is 11.3. The highest BCUT2D eigenvalue weighted by atomic mass is 19.4. The summed E-state index contributed by atoms with van der Waals surface area (Å²) in [7, 11) is 1.28. The molecule has 0 unspecified atom stereocenters. The summed E-state index contributed by atoms with van der Waals surface area (Å²) in [5.74, 6) is -0.552. The summed E-state index contributed by atoms with van der Waals surface area (Å²) in [6.07, 6.45) is -4.59. The summed E-state index contributed by atoms with van der Waals surface area (Å²) in [6.45, 7) is 4.16. The molecule has 106 valence electrons. The Hall–Kier alpha value is -1.72. The number of carbonyl (C=O) groups excluding carboxylic acids is 1. The van der Waals surface area contributed by atoms with Crippen LogP contribution in [0, 0.1) is 0 Å². The van der Waals surface area contributed by atoms with Crippen LogP contribution in [0.4, 0.5) is 13.2 Å². The van der Waals surface area contributed by atoms with Crippen LogP contribution in [-0.2, 0) is 6.18 Å². The Morgan fingerprint density at radius 3 is 2.26 bits per heavy atom. The molecule has 3 nitrogen and oxygen atoms in total. The summed E-state index contributed by atoms with van der Waals surface area (Å²) in [5, 5.41) is 0. The fourth-order valence-electron chi connectivity index (χ4n) is 1.75. The van der Waals surface area contributed by atoms with Gasteiger partial charge in [0, 0.05) is 13.1 Å². The van der Waals surface area contributed by atoms with Gasteiger partial charge in [-0.3, -0.25) is 4.79 Å². The van der Waals surface area contributed by atoms with Crippen molar-refractivity contribution in [3.63, 3.8) is 0 Å². The van der Waals surface area contributed by atoms with Gasteiger partial charge in [0.2, 0.25) is 0 Å². The van der Waals surface area contributed by atoms with E-state index in [0.29, 0.717) is 13.1 Å². The van der Waals surface area contributed by atoms with Crippen molar-refractivity contribution in [2.45, 2.75) is 20.0 Å². The maximum atomic E-state index is 13.0. The van der Waals surface area contributed by atoms with Crippen molar-refractivity contribution in [2.75, 3.05) is 20.2 Å². The van der Waals surface area contributed by atoms with E-state index in [4.69, 9.17) is 4.74 Å². The SMILES string of the molecule is CCN(CC)C(=O)c1ccc(OC)cc1C(F)(F)F. The van der Waals surface area contributed by atoms with Crippen LogP contribution >= 0.6 is 0 Å². The number of hydrogen-bond donors (Lipinski definition) is 0. The maximum Gasteiger partial charge on any atom is 0.417 e. The molecule has 0 saturated heterocycles. The van der Waals surface area contributed by atoms with Gasteiger partial charge in [-0.15, -0.1) is 0 Å². The second kappa shape index (κ2) is 5.95. The zero-order valence-corrected chi connectivity index (χ0v) is 11.0. The van der Waals surface area contributed by atoms with E-state index in [1.807, 2.05) is 0 Å². The van der Waals surface area contributed by atoms with Crippen LogP contribution in [0.1, 0.15) is 29.8 Å². The highest BCUT2D eigenvalue weighted by molar-refractivity contribution is 5.96. The lowest BCUT2D eigenvalue weighted by Crippen LogP contribution is -2.32. The van der Waals surface area contributed by atoms with Crippen molar-refractivity contribution in [3.05, 3.63) is 29.3 Å². The van der Waals surface area contributed by atoms with E-state index in [1.54, 1.807) is 13.8 Å². The molecular formula is C13H16F3NO2. The third-order valence-electron chi connectivity index (χ3n) is 2.81. The topological polar surface area (TPSA) is 29.5 Å². The largest absolute Gasteiger partial charge is 0.497 e. The van der Waals surface area contributed by atoms with E-state index in [2.05, 4.69) is 0 Å². The van der Waals surface area contributed by atoms with Crippen LogP contribution in [0.3, 0.4) is 0 Å². The molecule has 0 N–H and O–H groups in total. The molecule has 1 rings (SSSR count). The molecule has 0 aliphatic carbocycles. The van der Waals surface area contributed by atoms with Crippen LogP contribution < -0.4 is 4.74 Å². The van der Waals surface area contributed by atoms with Gasteiger partial charge in [-0.05, 0) is 32.0 Å². The molecule has 0 saturated carbocycles. The molecule has 0 radical (unpaired) electrons. The van der Waals surface area contributed by atoms with Crippen molar-refractivity contribution < 1.29 is 22.7 Å². The Morgan fingerprint density at radius 1 is 1.26 bits per heavy atom. The lowest BCUT2D eigenvalue weighted by Gasteiger charge is -2.21. The Balaban J connectivity index is 3.31. The summed E-state index contributed by atoms with van der Waals surface area (Å²) >= 11 is 0. The first kappa shape index (κ1) is 15.3. The third-order valence-corrected chi connectivity index (χ3v) is 2.81. The van der Waals surface area contributed by atoms with Gasteiger partial charge in [0.15, 0.2) is 0 Å². The van der Waals surface area contributed by atoms with Crippen molar-refractivity contribution >= 4 is 5.91 Å². The lowest BCUT2D eigenvalue weighted by molar-refractivity contribution is -0.138. The molecule has 0 fully saturated rings. The minimum Gasteiger partial charge on any atom is -0.497 e. The van der Waals surface area contributed by atoms with E-state index in [9.17, 15) is 18.0 Å². The molecule has 19 heavy (non-hydrogen) atoms. The summed E-state index contributed by atoms with van der Waals surface area (Å²) in [5.41, 5.74) is -1.32. The Labute approximate surface area is 110 Å². The number of alkyl halides is 3. The number of halogens is 3. The first-order valence-electron chi connectivity index (χ1n) is 5.89. The zero-order chi connectivity index (χ0) is 14.6. The number of amides is 1. The van der Waals surface area contributed by atoms with Gasteiger partial charge in [0.25, 0.3) is 5.91 Å². The lowest BCUT2D eigenvalue weighted by atomic mass is 10.1. The molecule has 0 aromatic heterocycles. The molecule has 0 atom stereocenters. The average Bonchev–Trinajstić information content (AvgIpc) is 2.38. The van der Waals surface area contributed by atoms with Crippen LogP contribution in [0.2, 0.25) is 0 Å². The van der Waals surface area contributed by atoms with Gasteiger partial charge in [-0.1, -0.05) is 0 Å². The van der Waals surface area contributed by atoms with E-state index in [-0.39, 0.29) is 11.3 Å². The molecule has 1 amide bonds. The second-order valence-electron chi connectivity index (χ2n) is 3.89. The predicted molar refractivity (Wildman–Crippen MR) is 65.2 cm³/mol. The van der Waals surface area contributed by atoms with Crippen LogP contribution in [0.25, 0.3) is 0 Å². The number of hydrogen-bond acceptors (Lipinski definition) is 2. The van der Waals surface area contributed by atoms with Crippen molar-refractivity contribution in [3.8, 4) is 5.75 Å². The fraction of sp³-hybridized carbons (Fsp3) is 0.462. The van der Waals surface area contributed by atoms with E-state index in [0.717, 1.165) is 12.1 Å². The minimum absolute atomic E-state index is 0.0726. The van der Waals surface area contributed by atoms with Crippen molar-refractivity contribution in [2.24, 2.45) is 0 Å². The first-order chi connectivity index (χ1) is 8.85. The van der Waals surface area contributed by atoms with Gasteiger partial charge in [-0.25, -0.2) is 0 Å². The van der Waals surface area contributed by atoms with Crippen LogP contribution in [0.15, 0.2) is 18.2 Å². The smallest absolute Gasteiger partial charge is 0.417 e. The number of carbonyl (C=O) groups is 1.